The number of fused-ring (bicyclic) bond motifs is 1. The molecule has 3 aliphatic rings. The molecule has 0 bridgehead atoms. The monoisotopic (exact) mass is 301 g/mol. The number of halogens is 1. The molecule has 3 fully saturated rings. The highest BCUT2D eigenvalue weighted by Crippen LogP contribution is 2.28. The molecule has 0 saturated carbocycles. The molecule has 0 aromatic carbocycles. The highest BCUT2D eigenvalue weighted by Gasteiger charge is 2.37. The molecule has 6 heteroatoms. The fourth-order valence-electron chi connectivity index (χ4n) is 3.73. The molecule has 2 amide bonds. The molecular formula is C14H24ClN3O2. The van der Waals surface area contributed by atoms with Gasteiger partial charge in [-0.1, -0.05) is 0 Å². The lowest BCUT2D eigenvalue weighted by Gasteiger charge is -2.24. The van der Waals surface area contributed by atoms with E-state index >= 15 is 0 Å². The summed E-state index contributed by atoms with van der Waals surface area (Å²) in [5.74, 6) is 1.69. The van der Waals surface area contributed by atoms with Gasteiger partial charge in [0, 0.05) is 33.1 Å². The number of carbonyl (C=O) groups excluding carboxylic acids is 2. The van der Waals surface area contributed by atoms with Gasteiger partial charge in [0.1, 0.15) is 0 Å². The van der Waals surface area contributed by atoms with Crippen LogP contribution in [0, 0.1) is 17.8 Å². The van der Waals surface area contributed by atoms with Crippen LogP contribution in [0.3, 0.4) is 0 Å². The van der Waals surface area contributed by atoms with Gasteiger partial charge in [-0.05, 0) is 37.8 Å². The van der Waals surface area contributed by atoms with E-state index in [0.29, 0.717) is 13.0 Å². The van der Waals surface area contributed by atoms with Crippen molar-refractivity contribution in [2.45, 2.75) is 19.3 Å². The second-order valence-electron chi connectivity index (χ2n) is 6.26. The number of hydrogen-bond donors (Lipinski definition) is 1. The van der Waals surface area contributed by atoms with E-state index in [1.165, 1.54) is 0 Å². The second kappa shape index (κ2) is 6.31. The summed E-state index contributed by atoms with van der Waals surface area (Å²) < 4.78 is 0. The highest BCUT2D eigenvalue weighted by atomic mass is 35.5. The first-order valence-corrected chi connectivity index (χ1v) is 7.38. The standard InChI is InChI=1S/C14H23N3O2.ClH/c1-16-9-12(6-13(16)18)14(19)17-4-2-10-7-15-8-11(10)3-5-17;/h10-12,15H,2-9H2,1H3;1H/t10-,11+,12?;. The van der Waals surface area contributed by atoms with Gasteiger partial charge >= 0.3 is 0 Å². The van der Waals surface area contributed by atoms with Crippen LogP contribution in [0.2, 0.25) is 0 Å². The first-order valence-electron chi connectivity index (χ1n) is 7.38. The summed E-state index contributed by atoms with van der Waals surface area (Å²) in [6, 6.07) is 0. The molecule has 0 aliphatic carbocycles. The molecule has 0 radical (unpaired) electrons. The van der Waals surface area contributed by atoms with E-state index < -0.39 is 0 Å². The average molecular weight is 302 g/mol. The van der Waals surface area contributed by atoms with Crippen LogP contribution in [-0.4, -0.2) is 61.4 Å². The van der Waals surface area contributed by atoms with E-state index in [2.05, 4.69) is 5.32 Å². The minimum absolute atomic E-state index is 0. The molecule has 3 atom stereocenters. The second-order valence-corrected chi connectivity index (χ2v) is 6.26. The number of rotatable bonds is 1. The first kappa shape index (κ1) is 15.6. The Hall–Kier alpha value is -0.810. The number of carbonyl (C=O) groups is 2. The maximum Gasteiger partial charge on any atom is 0.227 e. The molecule has 0 aromatic rings. The van der Waals surface area contributed by atoms with Gasteiger partial charge < -0.3 is 15.1 Å². The van der Waals surface area contributed by atoms with Crippen LogP contribution in [-0.2, 0) is 9.59 Å². The minimum atomic E-state index is -0.103. The molecule has 0 aromatic heterocycles. The lowest BCUT2D eigenvalue weighted by atomic mass is 9.92. The molecule has 5 nitrogen and oxygen atoms in total. The van der Waals surface area contributed by atoms with Crippen molar-refractivity contribution in [1.82, 2.24) is 15.1 Å². The van der Waals surface area contributed by atoms with Crippen molar-refractivity contribution in [1.29, 1.82) is 0 Å². The number of hydrogen-bond acceptors (Lipinski definition) is 3. The minimum Gasteiger partial charge on any atom is -0.345 e. The largest absolute Gasteiger partial charge is 0.345 e. The molecule has 1 unspecified atom stereocenters. The zero-order valence-electron chi connectivity index (χ0n) is 12.0. The zero-order chi connectivity index (χ0) is 13.4. The average Bonchev–Trinajstić information content (AvgIpc) is 2.91. The van der Waals surface area contributed by atoms with Crippen LogP contribution in [0.25, 0.3) is 0 Å². The van der Waals surface area contributed by atoms with Crippen LogP contribution in [0.1, 0.15) is 19.3 Å². The van der Waals surface area contributed by atoms with Gasteiger partial charge in [0.05, 0.1) is 5.92 Å². The summed E-state index contributed by atoms with van der Waals surface area (Å²) in [6.45, 7) is 4.56. The Bertz CT molecular complexity index is 377. The van der Waals surface area contributed by atoms with Gasteiger partial charge in [-0.25, -0.2) is 0 Å². The van der Waals surface area contributed by atoms with Gasteiger partial charge in [-0.15, -0.1) is 12.4 Å². The van der Waals surface area contributed by atoms with E-state index in [1.54, 1.807) is 11.9 Å². The number of likely N-dealkylation sites (tertiary alicyclic amines) is 2. The van der Waals surface area contributed by atoms with Crippen molar-refractivity contribution in [3.63, 3.8) is 0 Å². The Morgan fingerprint density at radius 1 is 1.20 bits per heavy atom. The van der Waals surface area contributed by atoms with Gasteiger partial charge in [0.15, 0.2) is 0 Å². The molecule has 3 aliphatic heterocycles. The van der Waals surface area contributed by atoms with Crippen molar-refractivity contribution in [3.05, 3.63) is 0 Å². The van der Waals surface area contributed by atoms with Gasteiger partial charge in [0.2, 0.25) is 11.8 Å². The summed E-state index contributed by atoms with van der Waals surface area (Å²) in [5, 5.41) is 3.45. The van der Waals surface area contributed by atoms with Crippen LogP contribution < -0.4 is 5.32 Å². The molecular weight excluding hydrogens is 278 g/mol. The molecule has 20 heavy (non-hydrogen) atoms. The molecule has 3 saturated heterocycles. The SMILES string of the molecule is CN1CC(C(=O)N2CC[C@@H]3CNC[C@@H]3CC2)CC1=O.Cl. The Kier molecular flexibility index (Phi) is 4.91. The Labute approximate surface area is 126 Å². The van der Waals surface area contributed by atoms with E-state index in [1.807, 2.05) is 4.90 Å². The van der Waals surface area contributed by atoms with Crippen molar-refractivity contribution in [2.75, 3.05) is 39.8 Å². The summed E-state index contributed by atoms with van der Waals surface area (Å²) >= 11 is 0. The van der Waals surface area contributed by atoms with Gasteiger partial charge in [-0.2, -0.15) is 0 Å². The molecule has 0 spiro atoms. The van der Waals surface area contributed by atoms with Crippen molar-refractivity contribution in [2.24, 2.45) is 17.8 Å². The molecule has 114 valence electrons. The maximum absolute atomic E-state index is 12.5. The Morgan fingerprint density at radius 3 is 2.30 bits per heavy atom. The summed E-state index contributed by atoms with van der Waals surface area (Å²) in [4.78, 5) is 27.7. The molecule has 3 heterocycles. The van der Waals surface area contributed by atoms with Crippen molar-refractivity contribution in [3.8, 4) is 0 Å². The van der Waals surface area contributed by atoms with E-state index in [0.717, 1.165) is 50.9 Å². The third-order valence-corrected chi connectivity index (χ3v) is 5.02. The molecule has 3 rings (SSSR count). The summed E-state index contributed by atoms with van der Waals surface area (Å²) in [7, 11) is 1.79. The third-order valence-electron chi connectivity index (χ3n) is 5.02. The van der Waals surface area contributed by atoms with Gasteiger partial charge in [-0.3, -0.25) is 9.59 Å². The zero-order valence-corrected chi connectivity index (χ0v) is 12.8. The maximum atomic E-state index is 12.5. The lowest BCUT2D eigenvalue weighted by Crippen LogP contribution is -2.38. The smallest absolute Gasteiger partial charge is 0.227 e. The van der Waals surface area contributed by atoms with Crippen LogP contribution in [0.15, 0.2) is 0 Å². The summed E-state index contributed by atoms with van der Waals surface area (Å²) in [5.41, 5.74) is 0. The fraction of sp³-hybridized carbons (Fsp3) is 0.857. The van der Waals surface area contributed by atoms with Crippen LogP contribution in [0.4, 0.5) is 0 Å². The Morgan fingerprint density at radius 2 is 1.80 bits per heavy atom. The van der Waals surface area contributed by atoms with E-state index in [-0.39, 0.29) is 30.1 Å². The predicted molar refractivity (Wildman–Crippen MR) is 78.7 cm³/mol. The molecule has 1 N–H and O–H groups in total. The van der Waals surface area contributed by atoms with E-state index in [9.17, 15) is 9.59 Å². The number of nitrogens with zero attached hydrogens (tertiary/aromatic N) is 2. The predicted octanol–water partition coefficient (Wildman–Crippen LogP) is 0.345. The topological polar surface area (TPSA) is 52.7 Å². The van der Waals surface area contributed by atoms with Gasteiger partial charge in [0.25, 0.3) is 0 Å². The third kappa shape index (κ3) is 2.93. The van der Waals surface area contributed by atoms with Crippen LogP contribution >= 0.6 is 12.4 Å². The number of nitrogens with one attached hydrogen (secondary N) is 1. The lowest BCUT2D eigenvalue weighted by molar-refractivity contribution is -0.135. The van der Waals surface area contributed by atoms with Crippen molar-refractivity contribution >= 4 is 24.2 Å². The highest BCUT2D eigenvalue weighted by molar-refractivity contribution is 5.89. The first-order chi connectivity index (χ1) is 9.15. The van der Waals surface area contributed by atoms with E-state index in [4.69, 9.17) is 0 Å². The fourth-order valence-corrected chi connectivity index (χ4v) is 3.73. The Balaban J connectivity index is 0.00000147. The quantitative estimate of drug-likeness (QED) is 0.760. The van der Waals surface area contributed by atoms with Crippen LogP contribution in [0.5, 0.6) is 0 Å². The summed E-state index contributed by atoms with van der Waals surface area (Å²) in [6.07, 6.45) is 2.63. The van der Waals surface area contributed by atoms with Crippen molar-refractivity contribution < 1.29 is 9.59 Å². The number of amides is 2. The normalized spacial score (nSPS) is 33.6.